The Balaban J connectivity index is 2.54. The van der Waals surface area contributed by atoms with Gasteiger partial charge in [-0.25, -0.2) is 4.79 Å². The first-order valence-corrected chi connectivity index (χ1v) is 4.86. The Morgan fingerprint density at radius 3 is 2.67 bits per heavy atom. The molecule has 15 heavy (non-hydrogen) atoms. The summed E-state index contributed by atoms with van der Waals surface area (Å²) >= 11 is 0. The van der Waals surface area contributed by atoms with Crippen molar-refractivity contribution in [3.63, 3.8) is 0 Å². The van der Waals surface area contributed by atoms with Gasteiger partial charge in [-0.2, -0.15) is 10.2 Å². The normalized spacial score (nSPS) is 12.7. The maximum absolute atomic E-state index is 11.2. The highest BCUT2D eigenvalue weighted by Gasteiger charge is 2.11. The van der Waals surface area contributed by atoms with Gasteiger partial charge >= 0.3 is 5.97 Å². The number of carbonyl (C=O) groups is 1. The Labute approximate surface area is 89.0 Å². The van der Waals surface area contributed by atoms with Crippen LogP contribution in [0.25, 0.3) is 0 Å². The molecule has 0 aliphatic rings. The van der Waals surface area contributed by atoms with E-state index in [2.05, 4.69) is 10.2 Å². The summed E-state index contributed by atoms with van der Waals surface area (Å²) < 4.78 is 4.80. The third-order valence-electron chi connectivity index (χ3n) is 1.73. The van der Waals surface area contributed by atoms with Gasteiger partial charge in [0.15, 0.2) is 6.04 Å². The van der Waals surface area contributed by atoms with Crippen LogP contribution < -0.4 is 0 Å². The summed E-state index contributed by atoms with van der Waals surface area (Å²) in [4.78, 5) is 11.2. The molecule has 1 atom stereocenters. The molecule has 80 valence electrons. The van der Waals surface area contributed by atoms with Crippen molar-refractivity contribution in [3.8, 4) is 0 Å². The summed E-state index contributed by atoms with van der Waals surface area (Å²) in [7, 11) is 0. The van der Waals surface area contributed by atoms with Gasteiger partial charge in [-0.15, -0.1) is 0 Å². The van der Waals surface area contributed by atoms with Crippen LogP contribution in [0.1, 0.15) is 13.8 Å². The largest absolute Gasteiger partial charge is 0.464 e. The van der Waals surface area contributed by atoms with E-state index in [9.17, 15) is 4.79 Å². The zero-order chi connectivity index (χ0) is 11.1. The lowest BCUT2D eigenvalue weighted by Crippen LogP contribution is -2.17. The molecule has 1 aromatic carbocycles. The molecular weight excluding hydrogens is 192 g/mol. The molecule has 4 nitrogen and oxygen atoms in total. The molecule has 1 aromatic rings. The number of benzene rings is 1. The van der Waals surface area contributed by atoms with Gasteiger partial charge in [-0.05, 0) is 26.0 Å². The fourth-order valence-electron chi connectivity index (χ4n) is 0.958. The van der Waals surface area contributed by atoms with E-state index in [1.165, 1.54) is 0 Å². The van der Waals surface area contributed by atoms with Gasteiger partial charge in [-0.1, -0.05) is 18.2 Å². The van der Waals surface area contributed by atoms with Crippen LogP contribution in [0.3, 0.4) is 0 Å². The number of hydrogen-bond acceptors (Lipinski definition) is 4. The third kappa shape index (κ3) is 3.89. The van der Waals surface area contributed by atoms with Crippen LogP contribution in [0, 0.1) is 0 Å². The summed E-state index contributed by atoms with van der Waals surface area (Å²) in [6.45, 7) is 3.79. The molecule has 4 heteroatoms. The molecule has 0 spiro atoms. The molecule has 0 aliphatic carbocycles. The van der Waals surface area contributed by atoms with Crippen molar-refractivity contribution in [1.29, 1.82) is 0 Å². The predicted molar refractivity (Wildman–Crippen MR) is 57.1 cm³/mol. The van der Waals surface area contributed by atoms with Gasteiger partial charge in [0, 0.05) is 0 Å². The van der Waals surface area contributed by atoms with Crippen molar-refractivity contribution in [1.82, 2.24) is 0 Å². The number of nitrogens with zero attached hydrogens (tertiary/aromatic N) is 2. The smallest absolute Gasteiger partial charge is 0.332 e. The first-order valence-electron chi connectivity index (χ1n) is 4.86. The number of hydrogen-bond donors (Lipinski definition) is 0. The summed E-state index contributed by atoms with van der Waals surface area (Å²) in [6, 6.07) is 8.72. The maximum Gasteiger partial charge on any atom is 0.332 e. The highest BCUT2D eigenvalue weighted by molar-refractivity contribution is 5.75. The van der Waals surface area contributed by atoms with Gasteiger partial charge in [0.2, 0.25) is 0 Å². The SMILES string of the molecule is CCOC(=O)C(C)N=Nc1ccccc1. The minimum Gasteiger partial charge on any atom is -0.464 e. The number of esters is 1. The minimum atomic E-state index is -0.551. The number of rotatable bonds is 4. The second-order valence-corrected chi connectivity index (χ2v) is 2.98. The van der Waals surface area contributed by atoms with E-state index in [1.807, 2.05) is 30.3 Å². The van der Waals surface area contributed by atoms with Crippen molar-refractivity contribution in [2.24, 2.45) is 10.2 Å². The molecule has 0 bridgehead atoms. The fraction of sp³-hybridized carbons (Fsp3) is 0.364. The third-order valence-corrected chi connectivity index (χ3v) is 1.73. The van der Waals surface area contributed by atoms with Crippen molar-refractivity contribution < 1.29 is 9.53 Å². The molecule has 0 aliphatic heterocycles. The molecule has 1 unspecified atom stereocenters. The van der Waals surface area contributed by atoms with E-state index >= 15 is 0 Å². The lowest BCUT2D eigenvalue weighted by Gasteiger charge is -2.03. The highest BCUT2D eigenvalue weighted by Crippen LogP contribution is 2.11. The summed E-state index contributed by atoms with van der Waals surface area (Å²) in [5, 5.41) is 7.80. The number of azo groups is 1. The van der Waals surface area contributed by atoms with Crippen LogP contribution in [0.4, 0.5) is 5.69 Å². The van der Waals surface area contributed by atoms with Crippen molar-refractivity contribution in [3.05, 3.63) is 30.3 Å². The van der Waals surface area contributed by atoms with Gasteiger partial charge in [0.05, 0.1) is 12.3 Å². The average Bonchev–Trinajstić information content (AvgIpc) is 2.27. The molecule has 0 N–H and O–H groups in total. The van der Waals surface area contributed by atoms with E-state index in [0.29, 0.717) is 6.61 Å². The maximum atomic E-state index is 11.2. The highest BCUT2D eigenvalue weighted by atomic mass is 16.5. The molecule has 0 aromatic heterocycles. The van der Waals surface area contributed by atoms with Crippen LogP contribution in [0.15, 0.2) is 40.6 Å². The molecule has 0 amide bonds. The Hall–Kier alpha value is -1.71. The van der Waals surface area contributed by atoms with Crippen LogP contribution in [-0.2, 0) is 9.53 Å². The predicted octanol–water partition coefficient (Wildman–Crippen LogP) is 2.72. The molecule has 0 fully saturated rings. The van der Waals surface area contributed by atoms with Gasteiger partial charge in [0.25, 0.3) is 0 Å². The average molecular weight is 206 g/mol. The van der Waals surface area contributed by atoms with Crippen LogP contribution in [0.5, 0.6) is 0 Å². The molecule has 0 heterocycles. The lowest BCUT2D eigenvalue weighted by molar-refractivity contribution is -0.144. The monoisotopic (exact) mass is 206 g/mol. The summed E-state index contributed by atoms with van der Waals surface area (Å²) in [5.41, 5.74) is 0.730. The Morgan fingerprint density at radius 2 is 2.07 bits per heavy atom. The zero-order valence-corrected chi connectivity index (χ0v) is 8.88. The summed E-state index contributed by atoms with van der Waals surface area (Å²) in [5.74, 6) is -0.350. The summed E-state index contributed by atoms with van der Waals surface area (Å²) in [6.07, 6.45) is 0. The minimum absolute atomic E-state index is 0.350. The van der Waals surface area contributed by atoms with Crippen molar-refractivity contribution >= 4 is 11.7 Å². The van der Waals surface area contributed by atoms with Crippen LogP contribution in [0.2, 0.25) is 0 Å². The molecular formula is C11H14N2O2. The Morgan fingerprint density at radius 1 is 1.40 bits per heavy atom. The Kier molecular flexibility index (Phi) is 4.47. The van der Waals surface area contributed by atoms with E-state index < -0.39 is 6.04 Å². The van der Waals surface area contributed by atoms with Crippen LogP contribution in [-0.4, -0.2) is 18.6 Å². The second kappa shape index (κ2) is 5.90. The zero-order valence-electron chi connectivity index (χ0n) is 8.88. The fourth-order valence-corrected chi connectivity index (χ4v) is 0.958. The number of carbonyl (C=O) groups excluding carboxylic acids is 1. The van der Waals surface area contributed by atoms with Crippen molar-refractivity contribution in [2.45, 2.75) is 19.9 Å². The van der Waals surface area contributed by atoms with E-state index in [1.54, 1.807) is 13.8 Å². The molecule has 0 radical (unpaired) electrons. The van der Waals surface area contributed by atoms with Gasteiger partial charge < -0.3 is 4.74 Å². The van der Waals surface area contributed by atoms with Crippen molar-refractivity contribution in [2.75, 3.05) is 6.61 Å². The quantitative estimate of drug-likeness (QED) is 0.561. The van der Waals surface area contributed by atoms with E-state index in [-0.39, 0.29) is 5.97 Å². The van der Waals surface area contributed by atoms with Gasteiger partial charge in [-0.3, -0.25) is 0 Å². The topological polar surface area (TPSA) is 51.0 Å². The van der Waals surface area contributed by atoms with E-state index in [4.69, 9.17) is 4.74 Å². The van der Waals surface area contributed by atoms with Gasteiger partial charge in [0.1, 0.15) is 0 Å². The Bertz CT molecular complexity index is 336. The second-order valence-electron chi connectivity index (χ2n) is 2.98. The molecule has 0 saturated heterocycles. The van der Waals surface area contributed by atoms with E-state index in [0.717, 1.165) is 5.69 Å². The lowest BCUT2D eigenvalue weighted by atomic mass is 10.3. The standard InChI is InChI=1S/C11H14N2O2/c1-3-15-11(14)9(2)12-13-10-7-5-4-6-8-10/h4-9H,3H2,1-2H3. The molecule has 0 saturated carbocycles. The van der Waals surface area contributed by atoms with Crippen LogP contribution >= 0.6 is 0 Å². The number of ether oxygens (including phenoxy) is 1. The first-order chi connectivity index (χ1) is 7.24. The first kappa shape index (κ1) is 11.4. The molecule has 1 rings (SSSR count).